The quantitative estimate of drug-likeness (QED) is 0.740. The normalized spacial score (nSPS) is 18.6. The number of halogens is 4. The third-order valence-corrected chi connectivity index (χ3v) is 5.46. The summed E-state index contributed by atoms with van der Waals surface area (Å²) in [5.74, 6) is -0.824. The Morgan fingerprint density at radius 1 is 1.07 bits per heavy atom. The number of carbonyl (C=O) groups is 2. The highest BCUT2D eigenvalue weighted by Gasteiger charge is 2.58. The van der Waals surface area contributed by atoms with Crippen LogP contribution in [0.3, 0.4) is 0 Å². The van der Waals surface area contributed by atoms with Crippen molar-refractivity contribution in [2.75, 3.05) is 18.0 Å². The van der Waals surface area contributed by atoms with Gasteiger partial charge < -0.3 is 10.2 Å². The van der Waals surface area contributed by atoms with Gasteiger partial charge in [-0.05, 0) is 43.6 Å². The van der Waals surface area contributed by atoms with Crippen LogP contribution in [0.4, 0.5) is 23.8 Å². The molecule has 0 saturated carbocycles. The molecule has 10 heteroatoms. The van der Waals surface area contributed by atoms with Crippen LogP contribution >= 0.6 is 12.4 Å². The summed E-state index contributed by atoms with van der Waals surface area (Å²) in [4.78, 5) is 32.8. The van der Waals surface area contributed by atoms with Crippen molar-refractivity contribution in [1.82, 2.24) is 15.2 Å². The molecule has 0 bridgehead atoms. The van der Waals surface area contributed by atoms with Crippen LogP contribution in [0.25, 0.3) is 0 Å². The lowest BCUT2D eigenvalue weighted by Gasteiger charge is -2.38. The molecule has 0 atom stereocenters. The molecule has 1 N–H and O–H groups in total. The lowest BCUT2D eigenvalue weighted by Crippen LogP contribution is -2.55. The van der Waals surface area contributed by atoms with Gasteiger partial charge in [-0.1, -0.05) is 30.3 Å². The maximum absolute atomic E-state index is 13.4. The van der Waals surface area contributed by atoms with Crippen molar-refractivity contribution in [2.45, 2.75) is 31.1 Å². The number of pyridine rings is 1. The molecule has 2 aromatic rings. The van der Waals surface area contributed by atoms with E-state index in [0.29, 0.717) is 25.9 Å². The minimum atomic E-state index is -4.60. The van der Waals surface area contributed by atoms with Gasteiger partial charge in [-0.25, -0.2) is 14.7 Å². The average Bonchev–Trinajstić information content (AvgIpc) is 2.90. The van der Waals surface area contributed by atoms with Gasteiger partial charge in [0, 0.05) is 12.7 Å². The summed E-state index contributed by atoms with van der Waals surface area (Å²) in [5.41, 5.74) is -1.21. The maximum atomic E-state index is 13.4. The van der Waals surface area contributed by atoms with E-state index < -0.39 is 29.2 Å². The number of imide groups is 1. The first kappa shape index (κ1) is 22.0. The van der Waals surface area contributed by atoms with Gasteiger partial charge in [0.15, 0.2) is 0 Å². The largest absolute Gasteiger partial charge is 0.416 e. The van der Waals surface area contributed by atoms with Crippen molar-refractivity contribution in [3.8, 4) is 0 Å². The Kier molecular flexibility index (Phi) is 6.05. The van der Waals surface area contributed by atoms with Crippen molar-refractivity contribution in [3.63, 3.8) is 0 Å². The van der Waals surface area contributed by atoms with Gasteiger partial charge in [-0.15, -0.1) is 12.4 Å². The summed E-state index contributed by atoms with van der Waals surface area (Å²) in [6, 6.07) is 10.1. The number of aromatic nitrogens is 1. The lowest BCUT2D eigenvalue weighted by atomic mass is 9.86. The molecule has 0 aliphatic carbocycles. The van der Waals surface area contributed by atoms with Gasteiger partial charge in [0.2, 0.25) is 0 Å². The number of rotatable bonds is 3. The zero-order valence-corrected chi connectivity index (χ0v) is 16.7. The molecule has 2 aliphatic heterocycles. The number of nitrogens with zero attached hydrogens (tertiary/aromatic N) is 3. The second kappa shape index (κ2) is 8.23. The van der Waals surface area contributed by atoms with E-state index in [-0.39, 0.29) is 24.8 Å². The fourth-order valence-corrected chi connectivity index (χ4v) is 3.94. The molecule has 0 radical (unpaired) electrons. The molecule has 3 amide bonds. The van der Waals surface area contributed by atoms with Crippen LogP contribution in [-0.2, 0) is 17.5 Å². The highest BCUT2D eigenvalue weighted by atomic mass is 35.5. The van der Waals surface area contributed by atoms with Crippen molar-refractivity contribution < 1.29 is 22.8 Å². The number of nitrogens with one attached hydrogen (secondary N) is 1. The molecule has 1 aromatic carbocycles. The highest BCUT2D eigenvalue weighted by Crippen LogP contribution is 2.39. The molecule has 0 unspecified atom stereocenters. The number of hydrogen-bond donors (Lipinski definition) is 1. The number of amides is 3. The summed E-state index contributed by atoms with van der Waals surface area (Å²) < 4.78 is 39.4. The molecule has 30 heavy (non-hydrogen) atoms. The minimum Gasteiger partial charge on any atom is -0.317 e. The van der Waals surface area contributed by atoms with Crippen molar-refractivity contribution >= 4 is 30.2 Å². The minimum absolute atomic E-state index is 0. The van der Waals surface area contributed by atoms with E-state index in [9.17, 15) is 22.8 Å². The Labute approximate surface area is 177 Å². The van der Waals surface area contributed by atoms with E-state index in [0.717, 1.165) is 28.8 Å². The van der Waals surface area contributed by atoms with Gasteiger partial charge in [0.05, 0.1) is 5.56 Å². The first-order chi connectivity index (χ1) is 13.8. The van der Waals surface area contributed by atoms with Gasteiger partial charge in [0.25, 0.3) is 5.91 Å². The molecule has 2 fully saturated rings. The smallest absolute Gasteiger partial charge is 0.317 e. The third-order valence-electron chi connectivity index (χ3n) is 5.46. The molecule has 1 spiro atoms. The summed E-state index contributed by atoms with van der Waals surface area (Å²) in [6.07, 6.45) is -2.85. The molecule has 4 rings (SSSR count). The molecule has 160 valence electrons. The Hall–Kier alpha value is -2.65. The van der Waals surface area contributed by atoms with Crippen molar-refractivity contribution in [3.05, 3.63) is 59.8 Å². The van der Waals surface area contributed by atoms with Crippen LogP contribution < -0.4 is 10.2 Å². The molecule has 6 nitrogen and oxygen atoms in total. The number of urea groups is 1. The molecular formula is C20H20ClF3N4O2. The van der Waals surface area contributed by atoms with Crippen LogP contribution in [0.15, 0.2) is 48.7 Å². The molecule has 2 saturated heterocycles. The lowest BCUT2D eigenvalue weighted by molar-refractivity contribution is -0.137. The number of piperidine rings is 1. The predicted octanol–water partition coefficient (Wildman–Crippen LogP) is 3.61. The van der Waals surface area contributed by atoms with Gasteiger partial charge in [0.1, 0.15) is 11.4 Å². The zero-order valence-electron chi connectivity index (χ0n) is 15.9. The second-order valence-electron chi connectivity index (χ2n) is 7.18. The van der Waals surface area contributed by atoms with E-state index in [2.05, 4.69) is 10.3 Å². The molecular weight excluding hydrogens is 421 g/mol. The number of carbonyl (C=O) groups excluding carboxylic acids is 2. The Balaban J connectivity index is 0.00000256. The van der Waals surface area contributed by atoms with Crippen LogP contribution in [0.2, 0.25) is 0 Å². The first-order valence-electron chi connectivity index (χ1n) is 9.27. The monoisotopic (exact) mass is 440 g/mol. The predicted molar refractivity (Wildman–Crippen MR) is 106 cm³/mol. The summed E-state index contributed by atoms with van der Waals surface area (Å²) in [7, 11) is 0. The van der Waals surface area contributed by atoms with Gasteiger partial charge in [-0.2, -0.15) is 13.2 Å². The number of benzene rings is 1. The fraction of sp³-hybridized carbons (Fsp3) is 0.350. The third kappa shape index (κ3) is 3.75. The Morgan fingerprint density at radius 2 is 1.73 bits per heavy atom. The van der Waals surface area contributed by atoms with E-state index in [1.165, 1.54) is 4.90 Å². The Bertz CT molecular complexity index is 933. The van der Waals surface area contributed by atoms with Crippen LogP contribution in [0.1, 0.15) is 24.0 Å². The highest BCUT2D eigenvalue weighted by molar-refractivity contribution is 6.22. The molecule has 1 aromatic heterocycles. The standard InChI is InChI=1S/C20H19F3N4O2.ClH/c21-20(22,23)15-6-9-25-16(12-15)27-17(28)19(7-10-24-11-8-19)26(18(27)29)13-14-4-2-1-3-5-14;/h1-6,9,12,24H,7-8,10-11,13H2;1H. The molecule has 2 aliphatic rings. The first-order valence-corrected chi connectivity index (χ1v) is 9.27. The summed E-state index contributed by atoms with van der Waals surface area (Å²) in [5, 5.41) is 3.17. The van der Waals surface area contributed by atoms with Crippen LogP contribution in [0.5, 0.6) is 0 Å². The van der Waals surface area contributed by atoms with Crippen LogP contribution in [0, 0.1) is 0 Å². The van der Waals surface area contributed by atoms with Gasteiger partial charge >= 0.3 is 12.2 Å². The molecule has 3 heterocycles. The maximum Gasteiger partial charge on any atom is 0.416 e. The number of anilines is 1. The Morgan fingerprint density at radius 3 is 2.37 bits per heavy atom. The summed E-state index contributed by atoms with van der Waals surface area (Å²) in [6.45, 7) is 1.27. The topological polar surface area (TPSA) is 65.5 Å². The van der Waals surface area contributed by atoms with Crippen molar-refractivity contribution in [2.24, 2.45) is 0 Å². The van der Waals surface area contributed by atoms with E-state index in [1.54, 1.807) is 0 Å². The van der Waals surface area contributed by atoms with E-state index in [1.807, 2.05) is 30.3 Å². The summed E-state index contributed by atoms with van der Waals surface area (Å²) >= 11 is 0. The van der Waals surface area contributed by atoms with Crippen molar-refractivity contribution in [1.29, 1.82) is 0 Å². The average molecular weight is 441 g/mol. The van der Waals surface area contributed by atoms with Gasteiger partial charge in [-0.3, -0.25) is 4.79 Å². The SMILES string of the molecule is Cl.O=C1N(c2cc(C(F)(F)F)ccn2)C(=O)C2(CCNCC2)N1Cc1ccccc1. The fourth-order valence-electron chi connectivity index (χ4n) is 3.94. The second-order valence-corrected chi connectivity index (χ2v) is 7.18. The van der Waals surface area contributed by atoms with Crippen LogP contribution in [-0.4, -0.2) is 40.5 Å². The zero-order chi connectivity index (χ0) is 20.6. The van der Waals surface area contributed by atoms with E-state index in [4.69, 9.17) is 0 Å². The number of alkyl halides is 3. The van der Waals surface area contributed by atoms with E-state index >= 15 is 0 Å². The number of hydrogen-bond acceptors (Lipinski definition) is 4.